The predicted molar refractivity (Wildman–Crippen MR) is 82.6 cm³/mol. The van der Waals surface area contributed by atoms with E-state index in [1.807, 2.05) is 0 Å². The second-order valence-corrected chi connectivity index (χ2v) is 6.29. The standard InChI is InChI=1S/C16H24ClFN2/c1-12(2)19-10-13-6-3-4-9-20(13)11-14-15(17)7-5-8-16(14)18/h5,7-8,12-13,19H,3-4,6,9-11H2,1-2H3. The van der Waals surface area contributed by atoms with Gasteiger partial charge in [-0.25, -0.2) is 4.39 Å². The van der Waals surface area contributed by atoms with Crippen molar-refractivity contribution in [1.29, 1.82) is 0 Å². The summed E-state index contributed by atoms with van der Waals surface area (Å²) in [6, 6.07) is 5.88. The summed E-state index contributed by atoms with van der Waals surface area (Å²) < 4.78 is 13.9. The van der Waals surface area contributed by atoms with E-state index in [4.69, 9.17) is 11.6 Å². The van der Waals surface area contributed by atoms with Crippen molar-refractivity contribution in [3.8, 4) is 0 Å². The van der Waals surface area contributed by atoms with Crippen LogP contribution in [0.15, 0.2) is 18.2 Å². The third-order valence-corrected chi connectivity index (χ3v) is 4.29. The molecule has 0 amide bonds. The Kier molecular flexibility index (Phi) is 5.82. The fraction of sp³-hybridized carbons (Fsp3) is 0.625. The van der Waals surface area contributed by atoms with Crippen LogP contribution in [0.5, 0.6) is 0 Å². The van der Waals surface area contributed by atoms with Crippen LogP contribution < -0.4 is 5.32 Å². The Morgan fingerprint density at radius 3 is 2.90 bits per heavy atom. The Morgan fingerprint density at radius 1 is 1.40 bits per heavy atom. The van der Waals surface area contributed by atoms with Crippen LogP contribution in [-0.4, -0.2) is 30.1 Å². The van der Waals surface area contributed by atoms with E-state index in [9.17, 15) is 4.39 Å². The quantitative estimate of drug-likeness (QED) is 0.889. The first-order valence-corrected chi connectivity index (χ1v) is 7.86. The first-order chi connectivity index (χ1) is 9.58. The topological polar surface area (TPSA) is 15.3 Å². The number of nitrogens with zero attached hydrogens (tertiary/aromatic N) is 1. The summed E-state index contributed by atoms with van der Waals surface area (Å²) in [6.45, 7) is 6.90. The molecule has 1 N–H and O–H groups in total. The highest BCUT2D eigenvalue weighted by molar-refractivity contribution is 6.31. The average molecular weight is 299 g/mol. The van der Waals surface area contributed by atoms with Gasteiger partial charge in [0.2, 0.25) is 0 Å². The van der Waals surface area contributed by atoms with E-state index in [2.05, 4.69) is 24.1 Å². The van der Waals surface area contributed by atoms with Crippen LogP contribution in [0.3, 0.4) is 0 Å². The van der Waals surface area contributed by atoms with E-state index in [0.29, 0.717) is 29.2 Å². The molecule has 4 heteroatoms. The number of hydrogen-bond acceptors (Lipinski definition) is 2. The summed E-state index contributed by atoms with van der Waals surface area (Å²) in [7, 11) is 0. The minimum Gasteiger partial charge on any atom is -0.313 e. The smallest absolute Gasteiger partial charge is 0.129 e. The largest absolute Gasteiger partial charge is 0.313 e. The minimum absolute atomic E-state index is 0.196. The summed E-state index contributed by atoms with van der Waals surface area (Å²) in [4.78, 5) is 2.36. The zero-order valence-electron chi connectivity index (χ0n) is 12.3. The molecule has 0 spiro atoms. The highest BCUT2D eigenvalue weighted by atomic mass is 35.5. The number of likely N-dealkylation sites (tertiary alicyclic amines) is 1. The lowest BCUT2D eigenvalue weighted by Gasteiger charge is -2.36. The lowest BCUT2D eigenvalue weighted by atomic mass is 10.0. The molecular formula is C16H24ClFN2. The molecule has 1 aliphatic heterocycles. The van der Waals surface area contributed by atoms with Crippen LogP contribution in [0.1, 0.15) is 38.7 Å². The number of halogens is 2. The Balaban J connectivity index is 2.04. The van der Waals surface area contributed by atoms with Gasteiger partial charge in [-0.05, 0) is 31.5 Å². The molecule has 1 saturated heterocycles. The van der Waals surface area contributed by atoms with E-state index >= 15 is 0 Å². The maximum absolute atomic E-state index is 13.9. The molecule has 1 fully saturated rings. The maximum atomic E-state index is 13.9. The van der Waals surface area contributed by atoms with Gasteiger partial charge in [-0.3, -0.25) is 4.90 Å². The summed E-state index contributed by atoms with van der Waals surface area (Å²) >= 11 is 6.14. The Hall–Kier alpha value is -0.640. The molecule has 1 aromatic carbocycles. The van der Waals surface area contributed by atoms with Crippen molar-refractivity contribution in [2.45, 2.75) is 51.7 Å². The second kappa shape index (κ2) is 7.39. The maximum Gasteiger partial charge on any atom is 0.129 e. The number of hydrogen-bond donors (Lipinski definition) is 1. The Bertz CT molecular complexity index is 416. The Morgan fingerprint density at radius 2 is 2.20 bits per heavy atom. The molecule has 1 aliphatic rings. The highest BCUT2D eigenvalue weighted by Crippen LogP contribution is 2.25. The fourth-order valence-corrected chi connectivity index (χ4v) is 2.98. The molecule has 1 unspecified atom stereocenters. The lowest BCUT2D eigenvalue weighted by Crippen LogP contribution is -2.46. The molecule has 2 nitrogen and oxygen atoms in total. The van der Waals surface area contributed by atoms with Gasteiger partial charge in [0, 0.05) is 35.8 Å². The van der Waals surface area contributed by atoms with Crippen LogP contribution in [0.4, 0.5) is 4.39 Å². The van der Waals surface area contributed by atoms with Gasteiger partial charge in [0.15, 0.2) is 0 Å². The number of piperidine rings is 1. The second-order valence-electron chi connectivity index (χ2n) is 5.88. The first-order valence-electron chi connectivity index (χ1n) is 7.48. The van der Waals surface area contributed by atoms with Gasteiger partial charge in [0.1, 0.15) is 5.82 Å². The number of nitrogens with one attached hydrogen (secondary N) is 1. The molecule has 0 bridgehead atoms. The summed E-state index contributed by atoms with van der Waals surface area (Å²) in [6.07, 6.45) is 3.61. The van der Waals surface area contributed by atoms with Crippen LogP contribution in [0.25, 0.3) is 0 Å². The molecule has 1 atom stereocenters. The molecule has 0 aromatic heterocycles. The van der Waals surface area contributed by atoms with Gasteiger partial charge in [-0.2, -0.15) is 0 Å². The third kappa shape index (κ3) is 4.18. The van der Waals surface area contributed by atoms with Gasteiger partial charge in [-0.1, -0.05) is 37.9 Å². The van der Waals surface area contributed by atoms with Crippen LogP contribution >= 0.6 is 11.6 Å². The lowest BCUT2D eigenvalue weighted by molar-refractivity contribution is 0.134. The van der Waals surface area contributed by atoms with E-state index in [1.165, 1.54) is 25.3 Å². The normalized spacial score (nSPS) is 20.6. The van der Waals surface area contributed by atoms with Crippen molar-refractivity contribution in [1.82, 2.24) is 10.2 Å². The summed E-state index contributed by atoms with van der Waals surface area (Å²) in [5.74, 6) is -0.196. The zero-order chi connectivity index (χ0) is 14.5. The molecular weight excluding hydrogens is 275 g/mol. The van der Waals surface area contributed by atoms with Crippen molar-refractivity contribution in [2.24, 2.45) is 0 Å². The average Bonchev–Trinajstić information content (AvgIpc) is 2.42. The predicted octanol–water partition coefficient (Wildman–Crippen LogP) is 3.83. The van der Waals surface area contributed by atoms with Gasteiger partial charge < -0.3 is 5.32 Å². The Labute approximate surface area is 126 Å². The van der Waals surface area contributed by atoms with Crippen molar-refractivity contribution >= 4 is 11.6 Å². The molecule has 1 aromatic rings. The van der Waals surface area contributed by atoms with E-state index in [1.54, 1.807) is 12.1 Å². The molecule has 0 saturated carbocycles. The van der Waals surface area contributed by atoms with Gasteiger partial charge in [0.05, 0.1) is 0 Å². The molecule has 0 radical (unpaired) electrons. The monoisotopic (exact) mass is 298 g/mol. The zero-order valence-corrected chi connectivity index (χ0v) is 13.1. The number of benzene rings is 1. The number of rotatable bonds is 5. The van der Waals surface area contributed by atoms with Crippen LogP contribution in [0, 0.1) is 5.82 Å². The highest BCUT2D eigenvalue weighted by Gasteiger charge is 2.24. The molecule has 0 aliphatic carbocycles. The first kappa shape index (κ1) is 15.7. The summed E-state index contributed by atoms with van der Waals surface area (Å²) in [5.41, 5.74) is 0.630. The molecule has 20 heavy (non-hydrogen) atoms. The van der Waals surface area contributed by atoms with Crippen LogP contribution in [-0.2, 0) is 6.54 Å². The van der Waals surface area contributed by atoms with Crippen molar-refractivity contribution < 1.29 is 4.39 Å². The van der Waals surface area contributed by atoms with Crippen molar-refractivity contribution in [2.75, 3.05) is 13.1 Å². The molecule has 1 heterocycles. The minimum atomic E-state index is -0.196. The fourth-order valence-electron chi connectivity index (χ4n) is 2.76. The van der Waals surface area contributed by atoms with Crippen molar-refractivity contribution in [3.63, 3.8) is 0 Å². The van der Waals surface area contributed by atoms with Gasteiger partial charge in [0.25, 0.3) is 0 Å². The molecule has 2 rings (SSSR count). The summed E-state index contributed by atoms with van der Waals surface area (Å²) in [5, 5.41) is 4.03. The van der Waals surface area contributed by atoms with E-state index in [0.717, 1.165) is 13.1 Å². The van der Waals surface area contributed by atoms with Gasteiger partial charge in [-0.15, -0.1) is 0 Å². The molecule has 112 valence electrons. The van der Waals surface area contributed by atoms with E-state index < -0.39 is 0 Å². The third-order valence-electron chi connectivity index (χ3n) is 3.93. The van der Waals surface area contributed by atoms with Crippen molar-refractivity contribution in [3.05, 3.63) is 34.6 Å². The SMILES string of the molecule is CC(C)NCC1CCCCN1Cc1c(F)cccc1Cl. The van der Waals surface area contributed by atoms with Crippen LogP contribution in [0.2, 0.25) is 5.02 Å². The van der Waals surface area contributed by atoms with E-state index in [-0.39, 0.29) is 5.82 Å². The van der Waals surface area contributed by atoms with Gasteiger partial charge >= 0.3 is 0 Å².